The lowest BCUT2D eigenvalue weighted by Gasteiger charge is -1.80. The lowest BCUT2D eigenvalue weighted by molar-refractivity contribution is -0.380. The average molecular weight is 293 g/mol. The monoisotopic (exact) mass is 292 g/mol. The Morgan fingerprint density at radius 2 is 2.00 bits per heavy atom. The van der Waals surface area contributed by atoms with Crippen molar-refractivity contribution in [1.82, 2.24) is 4.98 Å². The van der Waals surface area contributed by atoms with Crippen LogP contribution < -0.4 is 0 Å². The van der Waals surface area contributed by atoms with E-state index in [9.17, 15) is 14.5 Å². The number of nitro groups is 1. The zero-order valence-corrected chi connectivity index (χ0v) is 10.6. The first-order chi connectivity index (χ1) is 8.00. The van der Waals surface area contributed by atoms with Crippen molar-refractivity contribution < 1.29 is 9.31 Å². The van der Waals surface area contributed by atoms with Crippen LogP contribution in [0.4, 0.5) is 9.39 Å². The molecule has 0 spiro atoms. The second-order valence-corrected chi connectivity index (χ2v) is 4.73. The van der Waals surface area contributed by atoms with Gasteiger partial charge < -0.3 is 4.98 Å². The van der Waals surface area contributed by atoms with Crippen molar-refractivity contribution in [2.75, 3.05) is 0 Å². The second-order valence-electron chi connectivity index (χ2n) is 2.69. The Morgan fingerprint density at radius 3 is 2.24 bits per heavy atom. The maximum atomic E-state index is 11.9. The van der Waals surface area contributed by atoms with Crippen molar-refractivity contribution in [3.05, 3.63) is 55.4 Å². The standard InChI is InChI=1S/C6H5F.C3HClN2O2S2/c7-6-4-2-1-3-5-6;4-1-2(6(7)8)10-3(9)5-1/h1-5H;(H,5,9). The van der Waals surface area contributed by atoms with Gasteiger partial charge in [-0.2, -0.15) is 0 Å². The number of halogens is 2. The molecule has 1 N–H and O–H groups in total. The first-order valence-electron chi connectivity index (χ1n) is 4.24. The number of H-pyrrole nitrogens is 1. The largest absolute Gasteiger partial charge is 0.361 e. The second kappa shape index (κ2) is 6.43. The van der Waals surface area contributed by atoms with Gasteiger partial charge in [-0.15, -0.1) is 0 Å². The highest BCUT2D eigenvalue weighted by Crippen LogP contribution is 2.27. The fraction of sp³-hybridized carbons (Fsp3) is 0. The molecule has 2 aromatic rings. The van der Waals surface area contributed by atoms with Crippen molar-refractivity contribution in [2.45, 2.75) is 0 Å². The molecule has 4 nitrogen and oxygen atoms in total. The summed E-state index contributed by atoms with van der Waals surface area (Å²) in [4.78, 5) is 12.0. The number of nitrogens with zero attached hydrogens (tertiary/aromatic N) is 1. The van der Waals surface area contributed by atoms with Crippen LogP contribution in [0.1, 0.15) is 0 Å². The van der Waals surface area contributed by atoms with Gasteiger partial charge in [-0.25, -0.2) is 4.39 Å². The summed E-state index contributed by atoms with van der Waals surface area (Å²) in [6, 6.07) is 7.94. The zero-order chi connectivity index (χ0) is 12.8. The molecule has 2 rings (SSSR count). The van der Waals surface area contributed by atoms with Gasteiger partial charge in [-0.05, 0) is 35.7 Å². The van der Waals surface area contributed by atoms with Gasteiger partial charge in [-0.3, -0.25) is 10.1 Å². The maximum absolute atomic E-state index is 11.9. The third-order valence-corrected chi connectivity index (χ3v) is 3.06. The minimum Gasteiger partial charge on any atom is -0.322 e. The Balaban J connectivity index is 0.000000181. The van der Waals surface area contributed by atoms with Crippen LogP contribution in [-0.4, -0.2) is 9.91 Å². The SMILES string of the molecule is Fc1ccccc1.O=[N+]([O-])c1sc(=S)[nH]c1Cl. The summed E-state index contributed by atoms with van der Waals surface area (Å²) >= 11 is 10.9. The molecule has 0 saturated heterocycles. The fourth-order valence-corrected chi connectivity index (χ4v) is 2.11. The van der Waals surface area contributed by atoms with Crippen molar-refractivity contribution in [1.29, 1.82) is 0 Å². The lowest BCUT2D eigenvalue weighted by Crippen LogP contribution is -1.82. The average Bonchev–Trinajstić information content (AvgIpc) is 2.60. The van der Waals surface area contributed by atoms with E-state index in [1.54, 1.807) is 18.2 Å². The first-order valence-corrected chi connectivity index (χ1v) is 5.84. The summed E-state index contributed by atoms with van der Waals surface area (Å²) in [5.74, 6) is -0.178. The summed E-state index contributed by atoms with van der Waals surface area (Å²) < 4.78 is 12.2. The van der Waals surface area contributed by atoms with Crippen molar-refractivity contribution in [3.63, 3.8) is 0 Å². The molecule has 0 saturated carbocycles. The smallest absolute Gasteiger partial charge is 0.322 e. The molecule has 8 heteroatoms. The van der Waals surface area contributed by atoms with Crippen LogP contribution in [0.3, 0.4) is 0 Å². The quantitative estimate of drug-likeness (QED) is 0.487. The molecular formula is C9H6ClFN2O2S2. The summed E-state index contributed by atoms with van der Waals surface area (Å²) in [7, 11) is 0. The molecule has 1 heterocycles. The summed E-state index contributed by atoms with van der Waals surface area (Å²) in [5.41, 5.74) is 0. The van der Waals surface area contributed by atoms with Gasteiger partial charge in [0.15, 0.2) is 9.11 Å². The summed E-state index contributed by atoms with van der Waals surface area (Å²) in [6.07, 6.45) is 0. The number of hydrogen-bond donors (Lipinski definition) is 1. The molecule has 0 aliphatic carbocycles. The fourth-order valence-electron chi connectivity index (χ4n) is 0.833. The third-order valence-electron chi connectivity index (χ3n) is 1.49. The Bertz CT molecular complexity index is 556. The molecule has 1 aromatic carbocycles. The van der Waals surface area contributed by atoms with Crippen LogP contribution >= 0.6 is 35.2 Å². The van der Waals surface area contributed by atoms with E-state index in [-0.39, 0.29) is 16.0 Å². The molecule has 0 radical (unpaired) electrons. The molecular weight excluding hydrogens is 287 g/mol. The molecule has 0 unspecified atom stereocenters. The molecule has 0 fully saturated rings. The molecule has 0 bridgehead atoms. The van der Waals surface area contributed by atoms with E-state index in [4.69, 9.17) is 11.6 Å². The van der Waals surface area contributed by atoms with Crippen LogP contribution in [0, 0.1) is 19.9 Å². The number of aromatic nitrogens is 1. The van der Waals surface area contributed by atoms with Gasteiger partial charge in [0.25, 0.3) is 0 Å². The number of benzene rings is 1. The van der Waals surface area contributed by atoms with Crippen LogP contribution in [0.15, 0.2) is 30.3 Å². The topological polar surface area (TPSA) is 58.9 Å². The van der Waals surface area contributed by atoms with Gasteiger partial charge >= 0.3 is 5.00 Å². The van der Waals surface area contributed by atoms with Crippen molar-refractivity contribution >= 4 is 40.2 Å². The van der Waals surface area contributed by atoms with Crippen molar-refractivity contribution in [2.24, 2.45) is 0 Å². The Kier molecular flexibility index (Phi) is 5.20. The number of thiazole rings is 1. The van der Waals surface area contributed by atoms with E-state index in [0.717, 1.165) is 11.3 Å². The molecule has 0 aliphatic heterocycles. The molecule has 1 aromatic heterocycles. The van der Waals surface area contributed by atoms with E-state index in [2.05, 4.69) is 17.2 Å². The minimum atomic E-state index is -0.570. The third kappa shape index (κ3) is 4.59. The molecule has 90 valence electrons. The minimum absolute atomic E-state index is 0.000000000000000222. The van der Waals surface area contributed by atoms with Gasteiger partial charge in [0.1, 0.15) is 5.82 Å². The van der Waals surface area contributed by atoms with Crippen LogP contribution in [0.5, 0.6) is 0 Å². The number of hydrogen-bond acceptors (Lipinski definition) is 4. The summed E-state index contributed by atoms with van der Waals surface area (Å²) in [5, 5.41) is 9.97. The van der Waals surface area contributed by atoms with Gasteiger partial charge in [0, 0.05) is 0 Å². The van der Waals surface area contributed by atoms with E-state index in [1.165, 1.54) is 12.1 Å². The molecule has 0 aliphatic rings. The highest BCUT2D eigenvalue weighted by Gasteiger charge is 2.14. The van der Waals surface area contributed by atoms with E-state index in [1.807, 2.05) is 0 Å². The van der Waals surface area contributed by atoms with E-state index in [0.29, 0.717) is 3.95 Å². The number of rotatable bonds is 1. The zero-order valence-electron chi connectivity index (χ0n) is 8.22. The van der Waals surface area contributed by atoms with Crippen LogP contribution in [0.2, 0.25) is 5.15 Å². The van der Waals surface area contributed by atoms with Gasteiger partial charge in [-0.1, -0.05) is 29.8 Å². The number of nitrogens with one attached hydrogen (secondary N) is 1. The van der Waals surface area contributed by atoms with Gasteiger partial charge in [0.05, 0.1) is 4.92 Å². The van der Waals surface area contributed by atoms with Crippen LogP contribution in [0.25, 0.3) is 0 Å². The highest BCUT2D eigenvalue weighted by molar-refractivity contribution is 7.73. The van der Waals surface area contributed by atoms with Crippen molar-refractivity contribution in [3.8, 4) is 0 Å². The summed E-state index contributed by atoms with van der Waals surface area (Å²) in [6.45, 7) is 0. The molecule has 17 heavy (non-hydrogen) atoms. The van der Waals surface area contributed by atoms with E-state index >= 15 is 0 Å². The Labute approximate surface area is 110 Å². The normalized spacial score (nSPS) is 9.29. The van der Waals surface area contributed by atoms with E-state index < -0.39 is 4.92 Å². The number of aromatic amines is 1. The van der Waals surface area contributed by atoms with Gasteiger partial charge in [0.2, 0.25) is 0 Å². The lowest BCUT2D eigenvalue weighted by atomic mass is 10.4. The predicted molar refractivity (Wildman–Crippen MR) is 67.6 cm³/mol. The molecule has 0 atom stereocenters. The predicted octanol–water partition coefficient (Wildman–Crippen LogP) is 4.19. The Morgan fingerprint density at radius 1 is 1.41 bits per heavy atom. The molecule has 0 amide bonds. The highest BCUT2D eigenvalue weighted by atomic mass is 35.5. The Hall–Kier alpha value is -1.31. The maximum Gasteiger partial charge on any atom is 0.361 e. The first kappa shape index (κ1) is 13.8. The van der Waals surface area contributed by atoms with Crippen LogP contribution in [-0.2, 0) is 0 Å².